The van der Waals surface area contributed by atoms with Gasteiger partial charge in [-0.1, -0.05) is 25.5 Å². The van der Waals surface area contributed by atoms with Crippen LogP contribution in [-0.4, -0.2) is 30.6 Å². The highest BCUT2D eigenvalue weighted by atomic mass is 16.5. The van der Waals surface area contributed by atoms with E-state index in [1.165, 1.54) is 31.2 Å². The number of hydrogen-bond donors (Lipinski definition) is 1. The summed E-state index contributed by atoms with van der Waals surface area (Å²) in [5, 5.41) is 0. The van der Waals surface area contributed by atoms with Crippen molar-refractivity contribution in [2.24, 2.45) is 5.73 Å². The van der Waals surface area contributed by atoms with Crippen molar-refractivity contribution in [3.8, 4) is 5.75 Å². The second kappa shape index (κ2) is 7.09. The Labute approximate surface area is 123 Å². The van der Waals surface area contributed by atoms with Gasteiger partial charge in [0.15, 0.2) is 0 Å². The first-order valence-electron chi connectivity index (χ1n) is 7.82. The average molecular weight is 276 g/mol. The number of methoxy groups -OCH3 is 1. The molecule has 3 unspecified atom stereocenters. The zero-order chi connectivity index (χ0) is 14.5. The summed E-state index contributed by atoms with van der Waals surface area (Å²) >= 11 is 0. The van der Waals surface area contributed by atoms with Gasteiger partial charge in [-0.05, 0) is 50.4 Å². The van der Waals surface area contributed by atoms with Crippen molar-refractivity contribution in [2.45, 2.75) is 57.7 Å². The molecule has 0 spiro atoms. The average Bonchev–Trinajstić information content (AvgIpc) is 2.48. The maximum absolute atomic E-state index is 6.33. The lowest BCUT2D eigenvalue weighted by molar-refractivity contribution is 0.0796. The van der Waals surface area contributed by atoms with E-state index in [-0.39, 0.29) is 12.1 Å². The monoisotopic (exact) mass is 276 g/mol. The zero-order valence-electron chi connectivity index (χ0n) is 13.0. The summed E-state index contributed by atoms with van der Waals surface area (Å²) in [6.07, 6.45) is 5.12. The van der Waals surface area contributed by atoms with Crippen LogP contribution in [-0.2, 0) is 0 Å². The number of rotatable bonds is 5. The van der Waals surface area contributed by atoms with Gasteiger partial charge in [0.05, 0.1) is 13.2 Å². The largest absolute Gasteiger partial charge is 0.497 e. The van der Waals surface area contributed by atoms with Crippen molar-refractivity contribution >= 4 is 0 Å². The molecule has 0 amide bonds. The molecular formula is C17H28N2O. The molecule has 0 aliphatic carbocycles. The van der Waals surface area contributed by atoms with Crippen LogP contribution in [0.1, 0.15) is 51.1 Å². The number of ether oxygens (including phenoxy) is 1. The summed E-state index contributed by atoms with van der Waals surface area (Å²) in [5.41, 5.74) is 7.60. The minimum atomic E-state index is 0.120. The van der Waals surface area contributed by atoms with Gasteiger partial charge in [-0.3, -0.25) is 4.90 Å². The van der Waals surface area contributed by atoms with Gasteiger partial charge in [-0.15, -0.1) is 0 Å². The zero-order valence-corrected chi connectivity index (χ0v) is 13.0. The Kier molecular flexibility index (Phi) is 5.44. The third kappa shape index (κ3) is 3.33. The molecule has 2 N–H and O–H groups in total. The molecule has 1 heterocycles. The summed E-state index contributed by atoms with van der Waals surface area (Å²) in [6, 6.07) is 9.44. The molecule has 1 aliphatic heterocycles. The first-order chi connectivity index (χ1) is 9.67. The molecule has 0 radical (unpaired) electrons. The van der Waals surface area contributed by atoms with E-state index < -0.39 is 0 Å². The molecule has 0 saturated carbocycles. The van der Waals surface area contributed by atoms with E-state index in [0.29, 0.717) is 6.04 Å². The fourth-order valence-corrected chi connectivity index (χ4v) is 3.45. The van der Waals surface area contributed by atoms with Gasteiger partial charge < -0.3 is 10.5 Å². The number of hydrogen-bond acceptors (Lipinski definition) is 3. The Morgan fingerprint density at radius 2 is 2.20 bits per heavy atom. The highest BCUT2D eigenvalue weighted by Gasteiger charge is 2.31. The maximum atomic E-state index is 6.33. The molecule has 1 saturated heterocycles. The summed E-state index contributed by atoms with van der Waals surface area (Å²) in [7, 11) is 1.72. The molecule has 3 nitrogen and oxygen atoms in total. The highest BCUT2D eigenvalue weighted by Crippen LogP contribution is 2.33. The molecule has 1 fully saturated rings. The predicted molar refractivity (Wildman–Crippen MR) is 84.0 cm³/mol. The fourth-order valence-electron chi connectivity index (χ4n) is 3.45. The summed E-state index contributed by atoms with van der Waals surface area (Å²) in [6.45, 7) is 5.56. The predicted octanol–water partition coefficient (Wildman–Crippen LogP) is 3.35. The Balaban J connectivity index is 2.29. The van der Waals surface area contributed by atoms with E-state index in [2.05, 4.69) is 36.9 Å². The Morgan fingerprint density at radius 1 is 1.40 bits per heavy atom. The topological polar surface area (TPSA) is 38.5 Å². The van der Waals surface area contributed by atoms with E-state index in [1.54, 1.807) is 7.11 Å². The maximum Gasteiger partial charge on any atom is 0.119 e. The van der Waals surface area contributed by atoms with Gasteiger partial charge in [0.25, 0.3) is 0 Å². The number of benzene rings is 1. The first kappa shape index (κ1) is 15.3. The lowest BCUT2D eigenvalue weighted by Gasteiger charge is -2.43. The third-order valence-corrected chi connectivity index (χ3v) is 4.43. The van der Waals surface area contributed by atoms with Crippen LogP contribution < -0.4 is 10.5 Å². The van der Waals surface area contributed by atoms with Crippen LogP contribution in [0.4, 0.5) is 0 Å². The molecule has 3 heteroatoms. The molecule has 1 aliphatic rings. The minimum Gasteiger partial charge on any atom is -0.497 e. The fraction of sp³-hybridized carbons (Fsp3) is 0.647. The van der Waals surface area contributed by atoms with E-state index in [9.17, 15) is 0 Å². The molecule has 0 bridgehead atoms. The van der Waals surface area contributed by atoms with Crippen molar-refractivity contribution in [2.75, 3.05) is 13.7 Å². The normalized spacial score (nSPS) is 23.3. The lowest BCUT2D eigenvalue weighted by atomic mass is 9.92. The molecule has 3 atom stereocenters. The lowest BCUT2D eigenvalue weighted by Crippen LogP contribution is -2.47. The van der Waals surface area contributed by atoms with E-state index >= 15 is 0 Å². The van der Waals surface area contributed by atoms with Crippen LogP contribution in [0.5, 0.6) is 5.75 Å². The molecule has 0 aromatic heterocycles. The van der Waals surface area contributed by atoms with Crippen molar-refractivity contribution in [3.63, 3.8) is 0 Å². The third-order valence-electron chi connectivity index (χ3n) is 4.43. The van der Waals surface area contributed by atoms with Crippen molar-refractivity contribution in [1.82, 2.24) is 4.90 Å². The standard InChI is InChI=1S/C17H28N2O/c1-4-15-9-5-6-11-19(15)17(13(2)18)14-8-7-10-16(12-14)20-3/h7-8,10,12-13,15,17H,4-6,9,11,18H2,1-3H3. The Morgan fingerprint density at radius 3 is 2.85 bits per heavy atom. The van der Waals surface area contributed by atoms with Gasteiger partial charge in [0, 0.05) is 12.1 Å². The molecular weight excluding hydrogens is 248 g/mol. The van der Waals surface area contributed by atoms with Crippen LogP contribution in [0.25, 0.3) is 0 Å². The highest BCUT2D eigenvalue weighted by molar-refractivity contribution is 5.31. The van der Waals surface area contributed by atoms with Gasteiger partial charge in [-0.2, -0.15) is 0 Å². The van der Waals surface area contributed by atoms with E-state index in [1.807, 2.05) is 6.07 Å². The van der Waals surface area contributed by atoms with Crippen molar-refractivity contribution in [1.29, 1.82) is 0 Å². The van der Waals surface area contributed by atoms with Crippen LogP contribution in [0.15, 0.2) is 24.3 Å². The Hall–Kier alpha value is -1.06. The first-order valence-corrected chi connectivity index (χ1v) is 7.82. The minimum absolute atomic E-state index is 0.120. The number of nitrogens with two attached hydrogens (primary N) is 1. The Bertz CT molecular complexity index is 419. The second-order valence-electron chi connectivity index (χ2n) is 5.88. The van der Waals surface area contributed by atoms with E-state index in [4.69, 9.17) is 10.5 Å². The molecule has 20 heavy (non-hydrogen) atoms. The molecule has 112 valence electrons. The molecule has 2 rings (SSSR count). The molecule has 1 aromatic carbocycles. The van der Waals surface area contributed by atoms with Crippen LogP contribution in [0, 0.1) is 0 Å². The van der Waals surface area contributed by atoms with Crippen molar-refractivity contribution in [3.05, 3.63) is 29.8 Å². The smallest absolute Gasteiger partial charge is 0.119 e. The summed E-state index contributed by atoms with van der Waals surface area (Å²) < 4.78 is 5.37. The van der Waals surface area contributed by atoms with Gasteiger partial charge in [0.2, 0.25) is 0 Å². The van der Waals surface area contributed by atoms with Crippen LogP contribution in [0.3, 0.4) is 0 Å². The SMILES string of the molecule is CCC1CCCCN1C(c1cccc(OC)c1)C(C)N. The van der Waals surface area contributed by atoms with E-state index in [0.717, 1.165) is 12.3 Å². The number of piperidine rings is 1. The number of nitrogens with zero attached hydrogens (tertiary/aromatic N) is 1. The van der Waals surface area contributed by atoms with Crippen molar-refractivity contribution < 1.29 is 4.74 Å². The number of likely N-dealkylation sites (tertiary alicyclic amines) is 1. The van der Waals surface area contributed by atoms with Gasteiger partial charge in [-0.25, -0.2) is 0 Å². The summed E-state index contributed by atoms with van der Waals surface area (Å²) in [5.74, 6) is 0.915. The molecule has 1 aromatic rings. The quantitative estimate of drug-likeness (QED) is 0.896. The summed E-state index contributed by atoms with van der Waals surface area (Å²) in [4.78, 5) is 2.61. The van der Waals surface area contributed by atoms with Gasteiger partial charge in [0.1, 0.15) is 5.75 Å². The van der Waals surface area contributed by atoms with Gasteiger partial charge >= 0.3 is 0 Å². The van der Waals surface area contributed by atoms with Crippen LogP contribution >= 0.6 is 0 Å². The van der Waals surface area contributed by atoms with Crippen LogP contribution in [0.2, 0.25) is 0 Å². The second-order valence-corrected chi connectivity index (χ2v) is 5.88.